The summed E-state index contributed by atoms with van der Waals surface area (Å²) in [6.45, 7) is 0. The second-order valence-electron chi connectivity index (χ2n) is 3.85. The van der Waals surface area contributed by atoms with E-state index in [1.165, 1.54) is 31.4 Å². The molecule has 0 spiro atoms. The average Bonchev–Trinajstić information content (AvgIpc) is 2.41. The van der Waals surface area contributed by atoms with Gasteiger partial charge in [0.1, 0.15) is 17.2 Å². The van der Waals surface area contributed by atoms with Crippen molar-refractivity contribution in [1.82, 2.24) is 4.98 Å². The Labute approximate surface area is 121 Å². The van der Waals surface area contributed by atoms with E-state index in [1.807, 2.05) is 0 Å². The summed E-state index contributed by atoms with van der Waals surface area (Å²) in [7, 11) is 1.22. The fourth-order valence-corrected chi connectivity index (χ4v) is 1.91. The van der Waals surface area contributed by atoms with Gasteiger partial charge in [-0.05, 0) is 24.3 Å². The maximum absolute atomic E-state index is 13.8. The number of aromatic amines is 1. The van der Waals surface area contributed by atoms with Crippen LogP contribution in [0.5, 0.6) is 0 Å². The molecule has 0 saturated carbocycles. The zero-order valence-corrected chi connectivity index (χ0v) is 12.0. The van der Waals surface area contributed by atoms with Crippen LogP contribution in [0.3, 0.4) is 0 Å². The third-order valence-corrected chi connectivity index (χ3v) is 3.01. The van der Waals surface area contributed by atoms with E-state index in [4.69, 9.17) is 0 Å². The largest absolute Gasteiger partial charge is 0.465 e. The first kappa shape index (κ1) is 14.3. The number of pyridine rings is 1. The number of hydrogen-bond donors (Lipinski definition) is 2. The number of benzene rings is 1. The fourth-order valence-electron chi connectivity index (χ4n) is 1.58. The molecule has 1 aromatic heterocycles. The first-order valence-corrected chi connectivity index (χ1v) is 6.34. The monoisotopic (exact) mass is 340 g/mol. The van der Waals surface area contributed by atoms with Gasteiger partial charge in [-0.2, -0.15) is 0 Å². The van der Waals surface area contributed by atoms with Crippen molar-refractivity contribution >= 4 is 33.4 Å². The van der Waals surface area contributed by atoms with E-state index in [9.17, 15) is 14.0 Å². The van der Waals surface area contributed by atoms with Gasteiger partial charge >= 0.3 is 5.97 Å². The fraction of sp³-hybridized carbons (Fsp3) is 0.0769. The predicted molar refractivity (Wildman–Crippen MR) is 75.8 cm³/mol. The van der Waals surface area contributed by atoms with E-state index < -0.39 is 17.3 Å². The van der Waals surface area contributed by atoms with Gasteiger partial charge in [0.25, 0.3) is 0 Å². The molecule has 7 heteroatoms. The summed E-state index contributed by atoms with van der Waals surface area (Å²) < 4.78 is 18.9. The van der Waals surface area contributed by atoms with E-state index in [1.54, 1.807) is 6.07 Å². The van der Waals surface area contributed by atoms with Crippen molar-refractivity contribution in [2.45, 2.75) is 0 Å². The molecular formula is C13H10BrFN2O3. The number of methoxy groups -OCH3 is 1. The van der Waals surface area contributed by atoms with Gasteiger partial charge in [-0.3, -0.25) is 4.79 Å². The lowest BCUT2D eigenvalue weighted by atomic mass is 10.2. The Kier molecular flexibility index (Phi) is 4.19. The smallest absolute Gasteiger partial charge is 0.341 e. The number of aromatic nitrogens is 1. The van der Waals surface area contributed by atoms with Crippen LogP contribution in [0.15, 0.2) is 39.6 Å². The van der Waals surface area contributed by atoms with Gasteiger partial charge in [-0.15, -0.1) is 0 Å². The molecule has 0 saturated heterocycles. The molecule has 20 heavy (non-hydrogen) atoms. The highest BCUT2D eigenvalue weighted by Gasteiger charge is 2.14. The summed E-state index contributed by atoms with van der Waals surface area (Å²) in [5.41, 5.74) is -0.188. The molecular weight excluding hydrogens is 331 g/mol. The molecule has 0 aliphatic carbocycles. The molecule has 0 radical (unpaired) electrons. The van der Waals surface area contributed by atoms with E-state index in [0.29, 0.717) is 4.47 Å². The van der Waals surface area contributed by atoms with E-state index in [0.717, 1.165) is 0 Å². The van der Waals surface area contributed by atoms with Crippen LogP contribution < -0.4 is 10.9 Å². The van der Waals surface area contributed by atoms with Crippen LogP contribution >= 0.6 is 15.9 Å². The van der Waals surface area contributed by atoms with Gasteiger partial charge in [-0.1, -0.05) is 15.9 Å². The molecule has 0 aliphatic rings. The third kappa shape index (κ3) is 3.05. The SMILES string of the molecule is COC(=O)c1ccc(=O)[nH]c1Nc1ccc(Br)cc1F. The lowest BCUT2D eigenvalue weighted by Crippen LogP contribution is -2.14. The van der Waals surface area contributed by atoms with Crippen LogP contribution in [0.2, 0.25) is 0 Å². The van der Waals surface area contributed by atoms with Crippen molar-refractivity contribution in [2.75, 3.05) is 12.4 Å². The molecule has 0 amide bonds. The number of anilines is 2. The van der Waals surface area contributed by atoms with Gasteiger partial charge < -0.3 is 15.0 Å². The number of carbonyl (C=O) groups excluding carboxylic acids is 1. The predicted octanol–water partition coefficient (Wildman–Crippen LogP) is 2.81. The van der Waals surface area contributed by atoms with Gasteiger partial charge in [0.15, 0.2) is 0 Å². The first-order chi connectivity index (χ1) is 9.51. The van der Waals surface area contributed by atoms with Crippen LogP contribution in [0.1, 0.15) is 10.4 Å². The molecule has 2 rings (SSSR count). The highest BCUT2D eigenvalue weighted by atomic mass is 79.9. The molecule has 0 bridgehead atoms. The number of H-pyrrole nitrogens is 1. The molecule has 0 atom stereocenters. The van der Waals surface area contributed by atoms with Crippen molar-refractivity contribution in [1.29, 1.82) is 0 Å². The number of esters is 1. The Bertz CT molecular complexity index is 715. The Morgan fingerprint density at radius 3 is 2.75 bits per heavy atom. The summed E-state index contributed by atoms with van der Waals surface area (Å²) in [5.74, 6) is -1.09. The second kappa shape index (κ2) is 5.87. The van der Waals surface area contributed by atoms with Crippen LogP contribution in [0.25, 0.3) is 0 Å². The number of ether oxygens (including phenoxy) is 1. The number of carbonyl (C=O) groups is 1. The van der Waals surface area contributed by atoms with Crippen LogP contribution in [-0.2, 0) is 4.74 Å². The Balaban J connectivity index is 2.44. The van der Waals surface area contributed by atoms with Crippen LogP contribution in [0, 0.1) is 5.82 Å². The van der Waals surface area contributed by atoms with E-state index in [-0.39, 0.29) is 17.1 Å². The molecule has 0 unspecified atom stereocenters. The minimum absolute atomic E-state index is 0.0746. The highest BCUT2D eigenvalue weighted by Crippen LogP contribution is 2.23. The molecule has 104 valence electrons. The average molecular weight is 341 g/mol. The topological polar surface area (TPSA) is 71.2 Å². The molecule has 2 N–H and O–H groups in total. The Morgan fingerprint density at radius 2 is 2.10 bits per heavy atom. The Morgan fingerprint density at radius 1 is 1.35 bits per heavy atom. The molecule has 2 aromatic rings. The molecule has 1 heterocycles. The number of hydrogen-bond acceptors (Lipinski definition) is 4. The van der Waals surface area contributed by atoms with E-state index >= 15 is 0 Å². The summed E-state index contributed by atoms with van der Waals surface area (Å²) in [4.78, 5) is 25.4. The van der Waals surface area contributed by atoms with E-state index in [2.05, 4.69) is 31.0 Å². The zero-order valence-electron chi connectivity index (χ0n) is 10.4. The van der Waals surface area contributed by atoms with Crippen LogP contribution in [0.4, 0.5) is 15.9 Å². The highest BCUT2D eigenvalue weighted by molar-refractivity contribution is 9.10. The van der Waals surface area contributed by atoms with Crippen molar-refractivity contribution in [2.24, 2.45) is 0 Å². The van der Waals surface area contributed by atoms with Gasteiger partial charge in [0, 0.05) is 10.5 Å². The van der Waals surface area contributed by atoms with Crippen molar-refractivity contribution < 1.29 is 13.9 Å². The minimum Gasteiger partial charge on any atom is -0.465 e. The summed E-state index contributed by atoms with van der Waals surface area (Å²) in [6.07, 6.45) is 0. The normalized spacial score (nSPS) is 10.2. The molecule has 5 nitrogen and oxygen atoms in total. The summed E-state index contributed by atoms with van der Waals surface area (Å²) >= 11 is 3.14. The maximum Gasteiger partial charge on any atom is 0.341 e. The lowest BCUT2D eigenvalue weighted by molar-refractivity contribution is 0.0601. The number of nitrogens with one attached hydrogen (secondary N) is 2. The quantitative estimate of drug-likeness (QED) is 0.843. The Hall–Kier alpha value is -2.15. The standard InChI is InChI=1S/C13H10BrFN2O3/c1-20-13(19)8-3-5-11(18)17-12(8)16-10-4-2-7(14)6-9(10)15/h2-6H,1H3,(H2,16,17,18). The van der Waals surface area contributed by atoms with Crippen molar-refractivity contribution in [3.05, 3.63) is 56.5 Å². The molecule has 1 aromatic carbocycles. The zero-order chi connectivity index (χ0) is 14.7. The molecule has 0 aliphatic heterocycles. The second-order valence-corrected chi connectivity index (χ2v) is 4.77. The summed E-state index contributed by atoms with van der Waals surface area (Å²) in [6, 6.07) is 6.87. The third-order valence-electron chi connectivity index (χ3n) is 2.52. The maximum atomic E-state index is 13.8. The molecule has 0 fully saturated rings. The minimum atomic E-state index is -0.638. The number of halogens is 2. The van der Waals surface area contributed by atoms with Crippen molar-refractivity contribution in [3.8, 4) is 0 Å². The lowest BCUT2D eigenvalue weighted by Gasteiger charge is -2.11. The summed E-state index contributed by atoms with van der Waals surface area (Å²) in [5, 5.41) is 2.67. The van der Waals surface area contributed by atoms with Crippen LogP contribution in [-0.4, -0.2) is 18.1 Å². The van der Waals surface area contributed by atoms with Crippen molar-refractivity contribution in [3.63, 3.8) is 0 Å². The van der Waals surface area contributed by atoms with Gasteiger partial charge in [-0.25, -0.2) is 9.18 Å². The van der Waals surface area contributed by atoms with Gasteiger partial charge in [0.2, 0.25) is 5.56 Å². The number of rotatable bonds is 3. The first-order valence-electron chi connectivity index (χ1n) is 5.55. The van der Waals surface area contributed by atoms with Gasteiger partial charge in [0.05, 0.1) is 12.8 Å².